The van der Waals surface area contributed by atoms with Crippen LogP contribution < -0.4 is 0 Å². The lowest BCUT2D eigenvalue weighted by Gasteiger charge is -2.01. The summed E-state index contributed by atoms with van der Waals surface area (Å²) in [7, 11) is 0. The van der Waals surface area contributed by atoms with Gasteiger partial charge in [-0.15, -0.1) is 0 Å². The third kappa shape index (κ3) is 13.5. The van der Waals surface area contributed by atoms with E-state index in [-0.39, 0.29) is 0 Å². The standard InChI is InChI=1S/C15H28N/c1-2-3-4-5-6-7-8-9-10-11-12-13-14-15-16/h13H,2-12,14H2,1H3. The van der Waals surface area contributed by atoms with E-state index in [0.717, 1.165) is 6.42 Å². The lowest BCUT2D eigenvalue weighted by molar-refractivity contribution is 0.555. The summed E-state index contributed by atoms with van der Waals surface area (Å²) in [4.78, 5) is 0. The Morgan fingerprint density at radius 1 is 0.812 bits per heavy atom. The van der Waals surface area contributed by atoms with Gasteiger partial charge in [0, 0.05) is 6.42 Å². The Kier molecular flexibility index (Phi) is 14.0. The highest BCUT2D eigenvalue weighted by Crippen LogP contribution is 2.11. The van der Waals surface area contributed by atoms with E-state index in [4.69, 9.17) is 5.26 Å². The molecule has 0 aliphatic carbocycles. The van der Waals surface area contributed by atoms with Crippen LogP contribution in [0.3, 0.4) is 0 Å². The first kappa shape index (κ1) is 15.5. The smallest absolute Gasteiger partial charge is 0.0624 e. The second-order valence-electron chi connectivity index (χ2n) is 4.62. The van der Waals surface area contributed by atoms with Gasteiger partial charge in [0.1, 0.15) is 0 Å². The minimum atomic E-state index is 0.622. The summed E-state index contributed by atoms with van der Waals surface area (Å²) >= 11 is 0. The van der Waals surface area contributed by atoms with Crippen molar-refractivity contribution in [2.24, 2.45) is 0 Å². The van der Waals surface area contributed by atoms with Gasteiger partial charge >= 0.3 is 0 Å². The highest BCUT2D eigenvalue weighted by atomic mass is 14.2. The van der Waals surface area contributed by atoms with Crippen LogP contribution >= 0.6 is 0 Å². The molecule has 0 saturated carbocycles. The van der Waals surface area contributed by atoms with Crippen molar-refractivity contribution in [3.63, 3.8) is 0 Å². The molecule has 0 atom stereocenters. The van der Waals surface area contributed by atoms with Crippen molar-refractivity contribution in [3.05, 3.63) is 6.42 Å². The van der Waals surface area contributed by atoms with Gasteiger partial charge in [-0.3, -0.25) is 0 Å². The van der Waals surface area contributed by atoms with Crippen molar-refractivity contribution in [1.29, 1.82) is 5.26 Å². The number of nitrogens with zero attached hydrogens (tertiary/aromatic N) is 1. The normalized spacial score (nSPS) is 10.2. The van der Waals surface area contributed by atoms with Crippen molar-refractivity contribution >= 4 is 0 Å². The second-order valence-corrected chi connectivity index (χ2v) is 4.62. The average Bonchev–Trinajstić information content (AvgIpc) is 2.31. The lowest BCUT2D eigenvalue weighted by Crippen LogP contribution is -1.82. The van der Waals surface area contributed by atoms with Crippen LogP contribution in [0.1, 0.15) is 84.0 Å². The van der Waals surface area contributed by atoms with Gasteiger partial charge in [0.25, 0.3) is 0 Å². The molecule has 1 radical (unpaired) electrons. The summed E-state index contributed by atoms with van der Waals surface area (Å²) in [6.45, 7) is 2.27. The molecule has 0 aromatic rings. The fraction of sp³-hybridized carbons (Fsp3) is 0.867. The quantitative estimate of drug-likeness (QED) is 0.405. The van der Waals surface area contributed by atoms with Crippen LogP contribution in [0, 0.1) is 17.8 Å². The Balaban J connectivity index is 2.86. The zero-order valence-corrected chi connectivity index (χ0v) is 11.0. The zero-order valence-electron chi connectivity index (χ0n) is 11.0. The fourth-order valence-corrected chi connectivity index (χ4v) is 1.94. The number of hydrogen-bond acceptors (Lipinski definition) is 1. The predicted molar refractivity (Wildman–Crippen MR) is 71.0 cm³/mol. The third-order valence-corrected chi connectivity index (χ3v) is 3.00. The van der Waals surface area contributed by atoms with Gasteiger partial charge < -0.3 is 0 Å². The summed E-state index contributed by atoms with van der Waals surface area (Å²) in [6, 6.07) is 2.15. The van der Waals surface area contributed by atoms with Gasteiger partial charge in [-0.1, -0.05) is 71.1 Å². The van der Waals surface area contributed by atoms with Gasteiger partial charge in [0.2, 0.25) is 0 Å². The molecule has 0 N–H and O–H groups in total. The summed E-state index contributed by atoms with van der Waals surface area (Å²) in [5.74, 6) is 0. The van der Waals surface area contributed by atoms with E-state index in [0.29, 0.717) is 6.42 Å². The van der Waals surface area contributed by atoms with Crippen LogP contribution in [-0.4, -0.2) is 0 Å². The van der Waals surface area contributed by atoms with Gasteiger partial charge in [-0.25, -0.2) is 0 Å². The fourth-order valence-electron chi connectivity index (χ4n) is 1.94. The summed E-state index contributed by atoms with van der Waals surface area (Å²) in [5, 5.41) is 8.35. The molecule has 0 amide bonds. The van der Waals surface area contributed by atoms with E-state index < -0.39 is 0 Å². The number of hydrogen-bond donors (Lipinski definition) is 0. The van der Waals surface area contributed by atoms with Crippen molar-refractivity contribution in [2.75, 3.05) is 0 Å². The number of unbranched alkanes of at least 4 members (excludes halogenated alkanes) is 12. The molecule has 0 aromatic carbocycles. The van der Waals surface area contributed by atoms with Crippen molar-refractivity contribution in [1.82, 2.24) is 0 Å². The molecule has 0 heterocycles. The Labute approximate surface area is 102 Å². The summed E-state index contributed by atoms with van der Waals surface area (Å²) < 4.78 is 0. The molecule has 0 aliphatic heterocycles. The maximum absolute atomic E-state index is 8.35. The molecule has 0 unspecified atom stereocenters. The van der Waals surface area contributed by atoms with Crippen molar-refractivity contribution < 1.29 is 0 Å². The van der Waals surface area contributed by atoms with Crippen molar-refractivity contribution in [3.8, 4) is 6.07 Å². The average molecular weight is 222 g/mol. The first-order chi connectivity index (χ1) is 7.91. The number of rotatable bonds is 12. The second kappa shape index (κ2) is 14.5. The Morgan fingerprint density at radius 2 is 1.31 bits per heavy atom. The van der Waals surface area contributed by atoms with Crippen LogP contribution in [0.15, 0.2) is 0 Å². The van der Waals surface area contributed by atoms with Crippen LogP contribution in [0.4, 0.5) is 0 Å². The Bertz CT molecular complexity index is 157. The molecule has 0 bridgehead atoms. The van der Waals surface area contributed by atoms with Gasteiger partial charge in [-0.2, -0.15) is 5.26 Å². The molecule has 0 saturated heterocycles. The SMILES string of the molecule is CCCCCCCCCCCC[CH]CC#N. The van der Waals surface area contributed by atoms with Gasteiger partial charge in [-0.05, 0) is 12.8 Å². The largest absolute Gasteiger partial charge is 0.198 e. The van der Waals surface area contributed by atoms with E-state index in [1.807, 2.05) is 0 Å². The van der Waals surface area contributed by atoms with E-state index in [1.165, 1.54) is 64.2 Å². The molecule has 0 aliphatic rings. The lowest BCUT2D eigenvalue weighted by atomic mass is 10.0. The van der Waals surface area contributed by atoms with Gasteiger partial charge in [0.15, 0.2) is 0 Å². The molecular formula is C15H28N. The first-order valence-corrected chi connectivity index (χ1v) is 7.10. The minimum absolute atomic E-state index is 0.622. The monoisotopic (exact) mass is 222 g/mol. The van der Waals surface area contributed by atoms with E-state index >= 15 is 0 Å². The molecular weight excluding hydrogens is 194 g/mol. The van der Waals surface area contributed by atoms with E-state index in [9.17, 15) is 0 Å². The molecule has 0 aromatic heterocycles. The van der Waals surface area contributed by atoms with Crippen LogP contribution in [0.2, 0.25) is 0 Å². The molecule has 1 nitrogen and oxygen atoms in total. The molecule has 16 heavy (non-hydrogen) atoms. The first-order valence-electron chi connectivity index (χ1n) is 7.10. The molecule has 0 rings (SSSR count). The van der Waals surface area contributed by atoms with Crippen LogP contribution in [-0.2, 0) is 0 Å². The van der Waals surface area contributed by atoms with Crippen LogP contribution in [0.25, 0.3) is 0 Å². The molecule has 0 fully saturated rings. The molecule has 0 spiro atoms. The maximum Gasteiger partial charge on any atom is 0.0624 e. The highest BCUT2D eigenvalue weighted by Gasteiger charge is 1.92. The number of nitriles is 1. The molecule has 93 valence electrons. The zero-order chi connectivity index (χ0) is 11.9. The van der Waals surface area contributed by atoms with E-state index in [1.54, 1.807) is 0 Å². The Hall–Kier alpha value is -0.510. The summed E-state index contributed by atoms with van der Waals surface area (Å²) in [6.07, 6.45) is 17.7. The predicted octanol–water partition coefficient (Wildman–Crippen LogP) is 5.42. The topological polar surface area (TPSA) is 23.8 Å². The van der Waals surface area contributed by atoms with Crippen molar-refractivity contribution in [2.45, 2.75) is 84.0 Å². The van der Waals surface area contributed by atoms with E-state index in [2.05, 4.69) is 19.4 Å². The minimum Gasteiger partial charge on any atom is -0.198 e. The molecule has 1 heteroatoms. The summed E-state index contributed by atoms with van der Waals surface area (Å²) in [5.41, 5.74) is 0. The third-order valence-electron chi connectivity index (χ3n) is 3.00. The maximum atomic E-state index is 8.35. The van der Waals surface area contributed by atoms with Crippen LogP contribution in [0.5, 0.6) is 0 Å². The Morgan fingerprint density at radius 3 is 1.81 bits per heavy atom. The van der Waals surface area contributed by atoms with Gasteiger partial charge in [0.05, 0.1) is 6.07 Å². The highest BCUT2D eigenvalue weighted by molar-refractivity contribution is 4.80.